The molecule has 6 heteroatoms. The quantitative estimate of drug-likeness (QED) is 0.833. The maximum absolute atomic E-state index is 12.2. The van der Waals surface area contributed by atoms with E-state index in [9.17, 15) is 4.79 Å². The van der Waals surface area contributed by atoms with E-state index in [1.807, 2.05) is 4.90 Å². The second-order valence-electron chi connectivity index (χ2n) is 4.16. The highest BCUT2D eigenvalue weighted by Crippen LogP contribution is 2.24. The van der Waals surface area contributed by atoms with Crippen molar-refractivity contribution in [3.63, 3.8) is 0 Å². The number of carbonyl (C=O) groups excluding carboxylic acids is 1. The van der Waals surface area contributed by atoms with Crippen LogP contribution in [-0.4, -0.2) is 39.0 Å². The SMILES string of the molecule is CC1CCCC(CN)N1C(=O)c1cnns1. The first kappa shape index (κ1) is 11.5. The molecule has 0 bridgehead atoms. The van der Waals surface area contributed by atoms with Gasteiger partial charge in [-0.05, 0) is 37.7 Å². The zero-order chi connectivity index (χ0) is 11.5. The maximum Gasteiger partial charge on any atom is 0.267 e. The Morgan fingerprint density at radius 2 is 2.50 bits per heavy atom. The molecular weight excluding hydrogens is 224 g/mol. The predicted octanol–water partition coefficient (Wildman–Crippen LogP) is 0.880. The van der Waals surface area contributed by atoms with E-state index in [1.54, 1.807) is 0 Å². The molecule has 1 aliphatic heterocycles. The molecule has 0 aliphatic carbocycles. The predicted molar refractivity (Wildman–Crippen MR) is 62.2 cm³/mol. The minimum atomic E-state index is 0.0256. The van der Waals surface area contributed by atoms with Crippen LogP contribution in [0.4, 0.5) is 0 Å². The molecule has 16 heavy (non-hydrogen) atoms. The highest BCUT2D eigenvalue weighted by molar-refractivity contribution is 7.07. The van der Waals surface area contributed by atoms with Crippen molar-refractivity contribution in [2.24, 2.45) is 5.73 Å². The minimum Gasteiger partial charge on any atom is -0.331 e. The summed E-state index contributed by atoms with van der Waals surface area (Å²) in [6.07, 6.45) is 4.73. The van der Waals surface area contributed by atoms with Gasteiger partial charge in [0.05, 0.1) is 6.20 Å². The Hall–Kier alpha value is -1.01. The van der Waals surface area contributed by atoms with E-state index in [1.165, 1.54) is 6.20 Å². The third kappa shape index (κ3) is 2.08. The van der Waals surface area contributed by atoms with E-state index < -0.39 is 0 Å². The van der Waals surface area contributed by atoms with Gasteiger partial charge in [0.25, 0.3) is 5.91 Å². The van der Waals surface area contributed by atoms with Crippen LogP contribution < -0.4 is 5.73 Å². The Morgan fingerprint density at radius 3 is 3.12 bits per heavy atom. The third-order valence-corrected chi connectivity index (χ3v) is 3.76. The number of likely N-dealkylation sites (tertiary alicyclic amines) is 1. The lowest BCUT2D eigenvalue weighted by molar-refractivity contribution is 0.0499. The van der Waals surface area contributed by atoms with Gasteiger partial charge >= 0.3 is 0 Å². The van der Waals surface area contributed by atoms with E-state index in [4.69, 9.17) is 5.73 Å². The third-order valence-electron chi connectivity index (χ3n) is 3.11. The van der Waals surface area contributed by atoms with E-state index >= 15 is 0 Å². The van der Waals surface area contributed by atoms with Crippen molar-refractivity contribution in [2.75, 3.05) is 6.54 Å². The average Bonchev–Trinajstić information content (AvgIpc) is 2.81. The average molecular weight is 240 g/mol. The first-order valence-electron chi connectivity index (χ1n) is 5.54. The van der Waals surface area contributed by atoms with Gasteiger partial charge in [0, 0.05) is 18.6 Å². The van der Waals surface area contributed by atoms with Crippen molar-refractivity contribution in [2.45, 2.75) is 38.3 Å². The van der Waals surface area contributed by atoms with E-state index in [-0.39, 0.29) is 18.0 Å². The molecule has 5 nitrogen and oxygen atoms in total. The highest BCUT2D eigenvalue weighted by atomic mass is 32.1. The van der Waals surface area contributed by atoms with Crippen LogP contribution in [0.25, 0.3) is 0 Å². The molecule has 2 rings (SSSR count). The van der Waals surface area contributed by atoms with E-state index in [0.29, 0.717) is 11.4 Å². The van der Waals surface area contributed by atoms with Crippen molar-refractivity contribution >= 4 is 17.4 Å². The topological polar surface area (TPSA) is 72.1 Å². The van der Waals surface area contributed by atoms with Gasteiger partial charge < -0.3 is 10.6 Å². The number of rotatable bonds is 2. The molecule has 1 amide bonds. The van der Waals surface area contributed by atoms with Gasteiger partial charge in [-0.15, -0.1) is 5.10 Å². The Balaban J connectivity index is 2.19. The zero-order valence-corrected chi connectivity index (χ0v) is 10.1. The fourth-order valence-corrected chi connectivity index (χ4v) is 2.73. The number of nitrogens with two attached hydrogens (primary N) is 1. The van der Waals surface area contributed by atoms with Crippen LogP contribution in [0.3, 0.4) is 0 Å². The first-order valence-corrected chi connectivity index (χ1v) is 6.31. The molecule has 0 spiro atoms. The molecule has 2 heterocycles. The Kier molecular flexibility index (Phi) is 3.50. The molecule has 2 atom stereocenters. The summed E-state index contributed by atoms with van der Waals surface area (Å²) in [6, 6.07) is 0.426. The van der Waals surface area contributed by atoms with Gasteiger partial charge in [-0.25, -0.2) is 0 Å². The molecule has 0 aromatic carbocycles. The summed E-state index contributed by atoms with van der Waals surface area (Å²) in [6.45, 7) is 2.61. The molecule has 88 valence electrons. The van der Waals surface area contributed by atoms with Crippen LogP contribution in [0.1, 0.15) is 35.9 Å². The van der Waals surface area contributed by atoms with Crippen LogP contribution in [-0.2, 0) is 0 Å². The zero-order valence-electron chi connectivity index (χ0n) is 9.30. The number of piperidine rings is 1. The largest absolute Gasteiger partial charge is 0.331 e. The molecule has 1 saturated heterocycles. The fraction of sp³-hybridized carbons (Fsp3) is 0.700. The van der Waals surface area contributed by atoms with Gasteiger partial charge in [-0.3, -0.25) is 4.79 Å². The second-order valence-corrected chi connectivity index (χ2v) is 4.95. The van der Waals surface area contributed by atoms with E-state index in [2.05, 4.69) is 16.5 Å². The van der Waals surface area contributed by atoms with Crippen LogP contribution >= 0.6 is 11.5 Å². The second kappa shape index (κ2) is 4.88. The molecule has 1 aliphatic rings. The maximum atomic E-state index is 12.2. The van der Waals surface area contributed by atoms with Crippen molar-refractivity contribution in [1.82, 2.24) is 14.5 Å². The highest BCUT2D eigenvalue weighted by Gasteiger charge is 2.32. The van der Waals surface area contributed by atoms with Gasteiger partial charge in [-0.2, -0.15) is 0 Å². The molecule has 1 aromatic rings. The number of carbonyl (C=O) groups is 1. The molecule has 0 radical (unpaired) electrons. The lowest BCUT2D eigenvalue weighted by atomic mass is 9.96. The van der Waals surface area contributed by atoms with Gasteiger partial charge in [0.15, 0.2) is 0 Å². The summed E-state index contributed by atoms with van der Waals surface area (Å²) >= 11 is 1.15. The summed E-state index contributed by atoms with van der Waals surface area (Å²) in [5.41, 5.74) is 5.73. The summed E-state index contributed by atoms with van der Waals surface area (Å²) in [4.78, 5) is 14.7. The van der Waals surface area contributed by atoms with Gasteiger partial charge in [-0.1, -0.05) is 4.49 Å². The summed E-state index contributed by atoms with van der Waals surface area (Å²) in [5, 5.41) is 3.70. The number of hydrogen-bond acceptors (Lipinski definition) is 5. The molecular formula is C10H16N4OS. The van der Waals surface area contributed by atoms with Gasteiger partial charge in [0.2, 0.25) is 0 Å². The first-order chi connectivity index (χ1) is 7.74. The number of amides is 1. The molecule has 1 aromatic heterocycles. The number of nitrogens with zero attached hydrogens (tertiary/aromatic N) is 3. The van der Waals surface area contributed by atoms with Crippen LogP contribution in [0.5, 0.6) is 0 Å². The van der Waals surface area contributed by atoms with Crippen LogP contribution in [0.2, 0.25) is 0 Å². The molecule has 2 N–H and O–H groups in total. The Morgan fingerprint density at radius 1 is 1.69 bits per heavy atom. The van der Waals surface area contributed by atoms with Crippen LogP contribution in [0, 0.1) is 0 Å². The smallest absolute Gasteiger partial charge is 0.267 e. The van der Waals surface area contributed by atoms with E-state index in [0.717, 1.165) is 30.8 Å². The van der Waals surface area contributed by atoms with Crippen molar-refractivity contribution in [3.05, 3.63) is 11.1 Å². The van der Waals surface area contributed by atoms with Crippen LogP contribution in [0.15, 0.2) is 6.20 Å². The molecule has 0 saturated carbocycles. The van der Waals surface area contributed by atoms with Crippen molar-refractivity contribution in [3.8, 4) is 0 Å². The number of hydrogen-bond donors (Lipinski definition) is 1. The lowest BCUT2D eigenvalue weighted by Crippen LogP contribution is -2.51. The molecule has 2 unspecified atom stereocenters. The van der Waals surface area contributed by atoms with Crippen molar-refractivity contribution < 1.29 is 4.79 Å². The normalized spacial score (nSPS) is 25.8. The minimum absolute atomic E-state index is 0.0256. The fourth-order valence-electron chi connectivity index (χ4n) is 2.27. The Bertz CT molecular complexity index is 354. The summed E-state index contributed by atoms with van der Waals surface area (Å²) in [5.74, 6) is 0.0256. The monoisotopic (exact) mass is 240 g/mol. The summed E-state index contributed by atoms with van der Waals surface area (Å²) < 4.78 is 3.73. The lowest BCUT2D eigenvalue weighted by Gasteiger charge is -2.39. The summed E-state index contributed by atoms with van der Waals surface area (Å²) in [7, 11) is 0. The molecule has 1 fully saturated rings. The van der Waals surface area contributed by atoms with Crippen molar-refractivity contribution in [1.29, 1.82) is 0 Å². The standard InChI is InChI=1S/C10H16N4OS/c1-7-3-2-4-8(5-11)14(7)10(15)9-6-12-13-16-9/h6-8H,2-5,11H2,1H3. The number of aromatic nitrogens is 2. The van der Waals surface area contributed by atoms with Gasteiger partial charge in [0.1, 0.15) is 4.88 Å². The Labute approximate surface area is 98.8 Å².